The zero-order valence-corrected chi connectivity index (χ0v) is 12.1. The number of hydrogen-bond donors (Lipinski definition) is 0. The maximum atomic E-state index is 12.3. The van der Waals surface area contributed by atoms with E-state index in [2.05, 4.69) is 15.1 Å². The first-order valence-corrected chi connectivity index (χ1v) is 7.28. The fourth-order valence-electron chi connectivity index (χ4n) is 2.08. The predicted molar refractivity (Wildman–Crippen MR) is 78.1 cm³/mol. The molecule has 0 bridgehead atoms. The molecule has 102 valence electrons. The fraction of sp³-hybridized carbons (Fsp3) is 0.286. The highest BCUT2D eigenvalue weighted by Gasteiger charge is 2.14. The summed E-state index contributed by atoms with van der Waals surface area (Å²) >= 11 is 1.59. The second-order valence-electron chi connectivity index (χ2n) is 4.84. The van der Waals surface area contributed by atoms with Crippen molar-refractivity contribution >= 4 is 27.3 Å². The monoisotopic (exact) mass is 286 g/mol. The second-order valence-corrected chi connectivity index (χ2v) is 5.79. The van der Waals surface area contributed by atoms with E-state index < -0.39 is 0 Å². The first-order chi connectivity index (χ1) is 9.65. The highest BCUT2D eigenvalue weighted by atomic mass is 32.1. The van der Waals surface area contributed by atoms with E-state index in [-0.39, 0.29) is 18.2 Å². The van der Waals surface area contributed by atoms with E-state index in [0.717, 1.165) is 10.2 Å². The van der Waals surface area contributed by atoms with Crippen molar-refractivity contribution in [2.24, 2.45) is 0 Å². The molecule has 0 atom stereocenters. The first kappa shape index (κ1) is 12.9. The van der Waals surface area contributed by atoms with Gasteiger partial charge in [0.2, 0.25) is 0 Å². The molecule has 0 aromatic carbocycles. The van der Waals surface area contributed by atoms with Gasteiger partial charge in [-0.15, -0.1) is 11.3 Å². The van der Waals surface area contributed by atoms with Gasteiger partial charge in [0.15, 0.2) is 5.78 Å². The molecule has 0 amide bonds. The van der Waals surface area contributed by atoms with Gasteiger partial charge >= 0.3 is 0 Å². The summed E-state index contributed by atoms with van der Waals surface area (Å²) in [6.45, 7) is 4.03. The van der Waals surface area contributed by atoms with Gasteiger partial charge < -0.3 is 0 Å². The molecule has 3 heterocycles. The molecule has 20 heavy (non-hydrogen) atoms. The lowest BCUT2D eigenvalue weighted by atomic mass is 10.1. The van der Waals surface area contributed by atoms with Crippen LogP contribution in [0, 0.1) is 0 Å². The third-order valence-electron chi connectivity index (χ3n) is 3.08. The van der Waals surface area contributed by atoms with Crippen molar-refractivity contribution < 1.29 is 4.79 Å². The van der Waals surface area contributed by atoms with Crippen LogP contribution in [-0.4, -0.2) is 25.5 Å². The van der Waals surface area contributed by atoms with Gasteiger partial charge in [0, 0.05) is 17.8 Å². The Morgan fingerprint density at radius 2 is 2.25 bits per heavy atom. The normalized spacial score (nSPS) is 11.3. The van der Waals surface area contributed by atoms with E-state index in [9.17, 15) is 4.79 Å². The van der Waals surface area contributed by atoms with Crippen molar-refractivity contribution in [2.75, 3.05) is 0 Å². The Kier molecular flexibility index (Phi) is 3.31. The number of rotatable bonds is 4. The average Bonchev–Trinajstić information content (AvgIpc) is 3.05. The summed E-state index contributed by atoms with van der Waals surface area (Å²) in [6, 6.07) is 4.04. The van der Waals surface area contributed by atoms with E-state index in [1.807, 2.05) is 31.4 Å². The number of pyridine rings is 1. The number of Topliss-reactive ketones (excluding diaryl/α,β-unsaturated/α-hetero) is 1. The number of nitrogens with zero attached hydrogens (tertiary/aromatic N) is 4. The van der Waals surface area contributed by atoms with Crippen LogP contribution in [0.5, 0.6) is 0 Å². The van der Waals surface area contributed by atoms with Crippen molar-refractivity contribution in [1.29, 1.82) is 0 Å². The lowest BCUT2D eigenvalue weighted by Crippen LogP contribution is -2.13. The molecule has 0 saturated carbocycles. The molecular weight excluding hydrogens is 272 g/mol. The molecular formula is C14H14N4OS. The zero-order valence-electron chi connectivity index (χ0n) is 11.3. The fourth-order valence-corrected chi connectivity index (χ4v) is 2.86. The van der Waals surface area contributed by atoms with E-state index in [4.69, 9.17) is 0 Å². The van der Waals surface area contributed by atoms with Crippen LogP contribution < -0.4 is 0 Å². The molecule has 0 fully saturated rings. The number of aromatic nitrogens is 4. The van der Waals surface area contributed by atoms with E-state index in [0.29, 0.717) is 11.4 Å². The molecule has 0 spiro atoms. The minimum atomic E-state index is 0.0164. The van der Waals surface area contributed by atoms with Crippen LogP contribution in [0.1, 0.15) is 36.1 Å². The maximum Gasteiger partial charge on any atom is 0.172 e. The van der Waals surface area contributed by atoms with Crippen molar-refractivity contribution in [2.45, 2.75) is 26.3 Å². The number of ketones is 1. The summed E-state index contributed by atoms with van der Waals surface area (Å²) in [5.74, 6) is 0.707. The van der Waals surface area contributed by atoms with Gasteiger partial charge in [-0.3, -0.25) is 9.78 Å². The quantitative estimate of drug-likeness (QED) is 0.692. The number of fused-ring (bicyclic) bond motifs is 1. The largest absolute Gasteiger partial charge is 0.294 e. The van der Waals surface area contributed by atoms with Crippen LogP contribution in [0.25, 0.3) is 10.2 Å². The summed E-state index contributed by atoms with van der Waals surface area (Å²) in [6.07, 6.45) is 3.37. The van der Waals surface area contributed by atoms with Gasteiger partial charge in [0.25, 0.3) is 0 Å². The highest BCUT2D eigenvalue weighted by molar-refractivity contribution is 7.17. The molecule has 0 saturated heterocycles. The summed E-state index contributed by atoms with van der Waals surface area (Å²) in [4.78, 5) is 20.8. The molecule has 0 aliphatic carbocycles. The van der Waals surface area contributed by atoms with Gasteiger partial charge in [0.1, 0.15) is 12.2 Å². The minimum absolute atomic E-state index is 0.0164. The number of carbonyl (C=O) groups excluding carboxylic acids is 1. The third-order valence-corrected chi connectivity index (χ3v) is 3.93. The van der Waals surface area contributed by atoms with Crippen molar-refractivity contribution in [3.63, 3.8) is 0 Å². The lowest BCUT2D eigenvalue weighted by Gasteiger charge is -2.08. The lowest BCUT2D eigenvalue weighted by molar-refractivity contribution is 0.0989. The molecule has 0 unspecified atom stereocenters. The van der Waals surface area contributed by atoms with Crippen LogP contribution in [0.2, 0.25) is 0 Å². The Morgan fingerprint density at radius 1 is 1.40 bits per heavy atom. The molecule has 3 rings (SSSR count). The summed E-state index contributed by atoms with van der Waals surface area (Å²) in [5, 5.41) is 6.12. The molecule has 0 radical (unpaired) electrons. The van der Waals surface area contributed by atoms with Crippen LogP contribution >= 0.6 is 11.3 Å². The molecule has 5 nitrogen and oxygen atoms in total. The van der Waals surface area contributed by atoms with Crippen molar-refractivity contribution in [1.82, 2.24) is 19.7 Å². The van der Waals surface area contributed by atoms with Gasteiger partial charge in [-0.25, -0.2) is 9.67 Å². The standard InChI is InChI=1S/C14H14N4OS/c1-9(2)18-14(16-8-17-18)6-12(19)10-5-13-11(15-7-10)3-4-20-13/h3-5,7-9H,6H2,1-2H3. The molecule has 6 heteroatoms. The zero-order chi connectivity index (χ0) is 14.1. The van der Waals surface area contributed by atoms with Crippen LogP contribution in [0.3, 0.4) is 0 Å². The summed E-state index contributed by atoms with van der Waals surface area (Å²) in [5.41, 5.74) is 1.55. The number of thiophene rings is 1. The van der Waals surface area contributed by atoms with E-state index in [1.54, 1.807) is 22.2 Å². The Balaban J connectivity index is 1.86. The van der Waals surface area contributed by atoms with Gasteiger partial charge in [-0.05, 0) is 31.4 Å². The summed E-state index contributed by atoms with van der Waals surface area (Å²) in [7, 11) is 0. The Hall–Kier alpha value is -2.08. The summed E-state index contributed by atoms with van der Waals surface area (Å²) < 4.78 is 2.80. The Bertz CT molecular complexity index is 759. The molecule has 3 aromatic rings. The number of carbonyl (C=O) groups is 1. The SMILES string of the molecule is CC(C)n1ncnc1CC(=O)c1cnc2ccsc2c1. The highest BCUT2D eigenvalue weighted by Crippen LogP contribution is 2.20. The Morgan fingerprint density at radius 3 is 3.05 bits per heavy atom. The van der Waals surface area contributed by atoms with Crippen LogP contribution in [0.4, 0.5) is 0 Å². The minimum Gasteiger partial charge on any atom is -0.294 e. The van der Waals surface area contributed by atoms with Crippen LogP contribution in [-0.2, 0) is 6.42 Å². The van der Waals surface area contributed by atoms with Gasteiger partial charge in [-0.2, -0.15) is 5.10 Å². The topological polar surface area (TPSA) is 60.7 Å². The van der Waals surface area contributed by atoms with Gasteiger partial charge in [0.05, 0.1) is 16.6 Å². The predicted octanol–water partition coefficient (Wildman–Crippen LogP) is 2.89. The third kappa shape index (κ3) is 2.34. The van der Waals surface area contributed by atoms with Crippen LogP contribution in [0.15, 0.2) is 30.0 Å². The smallest absolute Gasteiger partial charge is 0.172 e. The maximum absolute atomic E-state index is 12.3. The molecule has 0 N–H and O–H groups in total. The molecule has 0 aliphatic heterocycles. The Labute approximate surface area is 120 Å². The second kappa shape index (κ2) is 5.13. The average molecular weight is 286 g/mol. The van der Waals surface area contributed by atoms with E-state index in [1.165, 1.54) is 6.33 Å². The van der Waals surface area contributed by atoms with Gasteiger partial charge in [-0.1, -0.05) is 0 Å². The number of hydrogen-bond acceptors (Lipinski definition) is 5. The van der Waals surface area contributed by atoms with Crippen molar-refractivity contribution in [3.8, 4) is 0 Å². The van der Waals surface area contributed by atoms with E-state index >= 15 is 0 Å². The first-order valence-electron chi connectivity index (χ1n) is 6.40. The molecule has 3 aromatic heterocycles. The molecule has 0 aliphatic rings. The van der Waals surface area contributed by atoms with Crippen molar-refractivity contribution in [3.05, 3.63) is 41.4 Å².